The highest BCUT2D eigenvalue weighted by Gasteiger charge is 2.41. The Morgan fingerprint density at radius 1 is 1.21 bits per heavy atom. The number of hydrogen-bond donors (Lipinski definition) is 5. The number of phosphoric ester groups is 1. The molecule has 0 aromatic rings. The lowest BCUT2D eigenvalue weighted by Gasteiger charge is -2.34. The Labute approximate surface area is 78.9 Å². The maximum atomic E-state index is 10.4. The van der Waals surface area contributed by atoms with E-state index in [0.717, 1.165) is 0 Å². The van der Waals surface area contributed by atoms with Gasteiger partial charge in [0.15, 0.2) is 6.29 Å². The fraction of sp³-hybridized carbons (Fsp3) is 1.00. The fourth-order valence-corrected chi connectivity index (χ4v) is 1.46. The van der Waals surface area contributed by atoms with Gasteiger partial charge in [-0.3, -0.25) is 4.52 Å². The van der Waals surface area contributed by atoms with Gasteiger partial charge in [-0.2, -0.15) is 0 Å². The molecule has 0 aliphatic carbocycles. The van der Waals surface area contributed by atoms with Crippen LogP contribution in [0.2, 0.25) is 0 Å². The Kier molecular flexibility index (Phi) is 3.62. The van der Waals surface area contributed by atoms with Gasteiger partial charge in [0.25, 0.3) is 0 Å². The Hall–Kier alpha value is -0.0500. The Morgan fingerprint density at radius 2 is 1.79 bits per heavy atom. The Bertz CT molecular complexity index is 238. The van der Waals surface area contributed by atoms with E-state index in [9.17, 15) is 4.57 Å². The minimum absolute atomic E-state index is 0.372. The van der Waals surface area contributed by atoms with Crippen molar-refractivity contribution in [1.82, 2.24) is 0 Å². The van der Waals surface area contributed by atoms with Crippen LogP contribution in [-0.4, -0.2) is 56.3 Å². The number of ether oxygens (including phenoxy) is 1. The number of aliphatic hydroxyl groups excluding tert-OH is 3. The van der Waals surface area contributed by atoms with Gasteiger partial charge < -0.3 is 29.8 Å². The second kappa shape index (κ2) is 4.21. The van der Waals surface area contributed by atoms with Crippen molar-refractivity contribution in [3.8, 4) is 0 Å². The molecule has 0 amide bonds. The van der Waals surface area contributed by atoms with Gasteiger partial charge in [-0.15, -0.1) is 0 Å². The lowest BCUT2D eigenvalue weighted by atomic mass is 10.1. The zero-order valence-corrected chi connectivity index (χ0v) is 7.82. The largest absolute Gasteiger partial charge is 0.472 e. The van der Waals surface area contributed by atoms with Crippen LogP contribution in [-0.2, 0) is 13.8 Å². The first kappa shape index (κ1) is 12.0. The molecule has 0 saturated carbocycles. The molecule has 8 nitrogen and oxygen atoms in total. The van der Waals surface area contributed by atoms with E-state index in [1.54, 1.807) is 0 Å². The average molecular weight is 230 g/mol. The summed E-state index contributed by atoms with van der Waals surface area (Å²) < 4.78 is 19.0. The number of rotatable bonds is 2. The van der Waals surface area contributed by atoms with Crippen LogP contribution in [0.3, 0.4) is 0 Å². The molecule has 5 N–H and O–H groups in total. The van der Waals surface area contributed by atoms with Gasteiger partial charge in [-0.05, 0) is 0 Å². The number of hydrogen-bond acceptors (Lipinski definition) is 6. The van der Waals surface area contributed by atoms with Gasteiger partial charge in [0, 0.05) is 0 Å². The number of aliphatic hydroxyl groups is 3. The van der Waals surface area contributed by atoms with Gasteiger partial charge in [0.1, 0.15) is 18.3 Å². The molecule has 0 radical (unpaired) electrons. The molecule has 0 aromatic heterocycles. The predicted octanol–water partition coefficient (Wildman–Crippen LogP) is -2.47. The Balaban J connectivity index is 2.60. The predicted molar refractivity (Wildman–Crippen MR) is 40.9 cm³/mol. The summed E-state index contributed by atoms with van der Waals surface area (Å²) in [5.41, 5.74) is 0. The van der Waals surface area contributed by atoms with E-state index in [4.69, 9.17) is 25.1 Å². The summed E-state index contributed by atoms with van der Waals surface area (Å²) in [6, 6.07) is 0. The Morgan fingerprint density at radius 3 is 2.29 bits per heavy atom. The normalized spacial score (nSPS) is 39.8. The highest BCUT2D eigenvalue weighted by atomic mass is 31.2. The van der Waals surface area contributed by atoms with Crippen LogP contribution in [0, 0.1) is 0 Å². The molecule has 1 heterocycles. The minimum atomic E-state index is -4.80. The first-order valence-electron chi connectivity index (χ1n) is 3.71. The number of phosphoric acid groups is 1. The van der Waals surface area contributed by atoms with E-state index in [0.29, 0.717) is 0 Å². The molecule has 84 valence electrons. The molecule has 1 rings (SSSR count). The van der Waals surface area contributed by atoms with Crippen molar-refractivity contribution in [2.45, 2.75) is 24.6 Å². The molecule has 1 aliphatic heterocycles. The van der Waals surface area contributed by atoms with Gasteiger partial charge in [0.05, 0.1) is 6.61 Å². The fourth-order valence-electron chi connectivity index (χ4n) is 1.01. The SMILES string of the molecule is O=P(O)(O)O[C@H]1OC[C@H](O)[C@H](O)[C@H]1O. The van der Waals surface area contributed by atoms with Gasteiger partial charge in [-0.25, -0.2) is 4.57 Å². The molecule has 0 unspecified atom stereocenters. The van der Waals surface area contributed by atoms with Gasteiger partial charge in [0.2, 0.25) is 0 Å². The first-order chi connectivity index (χ1) is 6.31. The zero-order chi connectivity index (χ0) is 10.9. The molecular weight excluding hydrogens is 219 g/mol. The van der Waals surface area contributed by atoms with Crippen molar-refractivity contribution in [3.05, 3.63) is 0 Å². The maximum absolute atomic E-state index is 10.4. The summed E-state index contributed by atoms with van der Waals surface area (Å²) in [5.74, 6) is 0. The van der Waals surface area contributed by atoms with E-state index in [2.05, 4.69) is 9.26 Å². The molecule has 1 fully saturated rings. The van der Waals surface area contributed by atoms with E-state index in [1.165, 1.54) is 0 Å². The van der Waals surface area contributed by atoms with Crippen LogP contribution >= 0.6 is 7.82 Å². The first-order valence-corrected chi connectivity index (χ1v) is 5.24. The van der Waals surface area contributed by atoms with Crippen molar-refractivity contribution in [1.29, 1.82) is 0 Å². The lowest BCUT2D eigenvalue weighted by Crippen LogP contribution is -2.53. The van der Waals surface area contributed by atoms with Crippen molar-refractivity contribution < 1.29 is 38.9 Å². The highest BCUT2D eigenvalue weighted by molar-refractivity contribution is 7.46. The lowest BCUT2D eigenvalue weighted by molar-refractivity contribution is -0.245. The van der Waals surface area contributed by atoms with Crippen molar-refractivity contribution in [2.75, 3.05) is 6.61 Å². The van der Waals surface area contributed by atoms with E-state index < -0.39 is 32.4 Å². The maximum Gasteiger partial charge on any atom is 0.472 e. The zero-order valence-electron chi connectivity index (χ0n) is 6.92. The highest BCUT2D eigenvalue weighted by Crippen LogP contribution is 2.39. The second-order valence-corrected chi connectivity index (χ2v) is 4.04. The van der Waals surface area contributed by atoms with Gasteiger partial charge in [-0.1, -0.05) is 0 Å². The second-order valence-electron chi connectivity index (χ2n) is 2.85. The monoisotopic (exact) mass is 230 g/mol. The van der Waals surface area contributed by atoms with Crippen LogP contribution in [0.5, 0.6) is 0 Å². The van der Waals surface area contributed by atoms with Crippen LogP contribution in [0.1, 0.15) is 0 Å². The van der Waals surface area contributed by atoms with E-state index in [-0.39, 0.29) is 6.61 Å². The molecule has 0 bridgehead atoms. The molecule has 1 saturated heterocycles. The standard InChI is InChI=1S/C5H11O8P/c6-2-1-12-5(4(8)3(2)7)13-14(9,10)11/h2-8H,1H2,(H2,9,10,11)/t2-,3-,4+,5+/m0/s1. The van der Waals surface area contributed by atoms with Crippen molar-refractivity contribution in [2.24, 2.45) is 0 Å². The average Bonchev–Trinajstić information content (AvgIpc) is 2.04. The van der Waals surface area contributed by atoms with Crippen LogP contribution in [0.4, 0.5) is 0 Å². The summed E-state index contributed by atoms with van der Waals surface area (Å²) in [6.45, 7) is -0.372. The molecule has 4 atom stereocenters. The van der Waals surface area contributed by atoms with E-state index in [1.807, 2.05) is 0 Å². The molecule has 0 spiro atoms. The third kappa shape index (κ3) is 2.97. The third-order valence-corrected chi connectivity index (χ3v) is 2.18. The molecule has 1 aliphatic rings. The summed E-state index contributed by atoms with van der Waals surface area (Å²) in [5, 5.41) is 27.2. The molecule has 0 aromatic carbocycles. The molecule has 9 heteroatoms. The third-order valence-electron chi connectivity index (χ3n) is 1.70. The smallest absolute Gasteiger partial charge is 0.388 e. The van der Waals surface area contributed by atoms with Crippen LogP contribution < -0.4 is 0 Å². The van der Waals surface area contributed by atoms with E-state index >= 15 is 0 Å². The van der Waals surface area contributed by atoms with Crippen molar-refractivity contribution in [3.63, 3.8) is 0 Å². The minimum Gasteiger partial charge on any atom is -0.388 e. The van der Waals surface area contributed by atoms with Crippen LogP contribution in [0.25, 0.3) is 0 Å². The summed E-state index contributed by atoms with van der Waals surface area (Å²) in [7, 11) is -4.80. The summed E-state index contributed by atoms with van der Waals surface area (Å²) in [6.07, 6.45) is -6.21. The quantitative estimate of drug-likeness (QED) is 0.329. The summed E-state index contributed by atoms with van der Waals surface area (Å²) in [4.78, 5) is 16.8. The topological polar surface area (TPSA) is 137 Å². The van der Waals surface area contributed by atoms with Crippen LogP contribution in [0.15, 0.2) is 0 Å². The molecular formula is C5H11O8P. The summed E-state index contributed by atoms with van der Waals surface area (Å²) >= 11 is 0. The van der Waals surface area contributed by atoms with Crippen molar-refractivity contribution >= 4 is 7.82 Å². The van der Waals surface area contributed by atoms with Gasteiger partial charge >= 0.3 is 7.82 Å². The molecule has 14 heavy (non-hydrogen) atoms.